The summed E-state index contributed by atoms with van der Waals surface area (Å²) in [5.41, 5.74) is 5.71. The number of para-hydroxylation sites is 2. The number of fused-ring (bicyclic) bond motifs is 1. The van der Waals surface area contributed by atoms with Gasteiger partial charge >= 0.3 is 5.76 Å². The van der Waals surface area contributed by atoms with Crippen molar-refractivity contribution in [1.82, 2.24) is 15.4 Å². The van der Waals surface area contributed by atoms with E-state index in [9.17, 15) is 14.4 Å². The van der Waals surface area contributed by atoms with Crippen LogP contribution in [0.25, 0.3) is 11.1 Å². The Kier molecular flexibility index (Phi) is 5.29. The Balaban J connectivity index is 1.59. The number of amides is 2. The van der Waals surface area contributed by atoms with Crippen LogP contribution >= 0.6 is 23.2 Å². The van der Waals surface area contributed by atoms with Crippen LogP contribution in [-0.2, 0) is 11.3 Å². The number of nitrogens with zero attached hydrogens (tertiary/aromatic N) is 1. The molecule has 0 spiro atoms. The number of oxazole rings is 1. The van der Waals surface area contributed by atoms with Gasteiger partial charge in [-0.05, 0) is 30.3 Å². The average molecular weight is 394 g/mol. The van der Waals surface area contributed by atoms with E-state index in [4.69, 9.17) is 27.6 Å². The van der Waals surface area contributed by atoms with E-state index in [1.807, 2.05) is 0 Å². The number of halogens is 2. The summed E-state index contributed by atoms with van der Waals surface area (Å²) in [4.78, 5) is 35.8. The Labute approximate surface area is 157 Å². The number of aryl methyl sites for hydroxylation is 1. The van der Waals surface area contributed by atoms with Crippen molar-refractivity contribution in [3.05, 3.63) is 68.6 Å². The van der Waals surface area contributed by atoms with Crippen molar-refractivity contribution >= 4 is 46.1 Å². The zero-order valence-corrected chi connectivity index (χ0v) is 14.8. The number of carbonyl (C=O) groups excluding carboxylic acids is 2. The first kappa shape index (κ1) is 18.0. The first-order valence-corrected chi connectivity index (χ1v) is 8.34. The number of carbonyl (C=O) groups is 2. The van der Waals surface area contributed by atoms with Crippen LogP contribution in [0.3, 0.4) is 0 Å². The average Bonchev–Trinajstić information content (AvgIpc) is 2.95. The summed E-state index contributed by atoms with van der Waals surface area (Å²) >= 11 is 11.8. The highest BCUT2D eigenvalue weighted by Gasteiger charge is 2.13. The number of aromatic nitrogens is 1. The molecule has 0 aliphatic carbocycles. The van der Waals surface area contributed by atoms with Crippen molar-refractivity contribution < 1.29 is 14.0 Å². The monoisotopic (exact) mass is 393 g/mol. The fourth-order valence-electron chi connectivity index (χ4n) is 2.37. The van der Waals surface area contributed by atoms with Gasteiger partial charge in [0.2, 0.25) is 5.91 Å². The van der Waals surface area contributed by atoms with Crippen molar-refractivity contribution in [2.45, 2.75) is 13.0 Å². The summed E-state index contributed by atoms with van der Waals surface area (Å²) in [6, 6.07) is 11.3. The van der Waals surface area contributed by atoms with Crippen LogP contribution in [0.2, 0.25) is 10.0 Å². The van der Waals surface area contributed by atoms with E-state index >= 15 is 0 Å². The molecule has 134 valence electrons. The molecule has 1 heterocycles. The Bertz CT molecular complexity index is 1040. The van der Waals surface area contributed by atoms with Crippen LogP contribution in [0.15, 0.2) is 51.7 Å². The van der Waals surface area contributed by atoms with Crippen molar-refractivity contribution in [1.29, 1.82) is 0 Å². The third-order valence-electron chi connectivity index (χ3n) is 3.62. The normalized spacial score (nSPS) is 10.7. The molecule has 0 aliphatic heterocycles. The molecule has 1 aromatic heterocycles. The highest BCUT2D eigenvalue weighted by atomic mass is 35.5. The molecule has 0 fully saturated rings. The molecule has 0 radical (unpaired) electrons. The summed E-state index contributed by atoms with van der Waals surface area (Å²) < 4.78 is 6.44. The first-order valence-electron chi connectivity index (χ1n) is 7.58. The van der Waals surface area contributed by atoms with Gasteiger partial charge in [-0.15, -0.1) is 0 Å². The highest BCUT2D eigenvalue weighted by Crippen LogP contribution is 2.20. The van der Waals surface area contributed by atoms with Crippen molar-refractivity contribution in [3.8, 4) is 0 Å². The van der Waals surface area contributed by atoms with Gasteiger partial charge in [0.1, 0.15) is 0 Å². The third-order valence-corrected chi connectivity index (χ3v) is 4.19. The van der Waals surface area contributed by atoms with E-state index in [0.29, 0.717) is 16.1 Å². The Morgan fingerprint density at radius 1 is 1.08 bits per heavy atom. The van der Waals surface area contributed by atoms with E-state index in [0.717, 1.165) is 0 Å². The number of nitrogens with one attached hydrogen (secondary N) is 2. The van der Waals surface area contributed by atoms with Crippen LogP contribution in [-0.4, -0.2) is 16.4 Å². The topological polar surface area (TPSA) is 93.3 Å². The van der Waals surface area contributed by atoms with E-state index in [2.05, 4.69) is 10.9 Å². The van der Waals surface area contributed by atoms with E-state index in [1.165, 1.54) is 16.7 Å². The maximum Gasteiger partial charge on any atom is 0.419 e. The van der Waals surface area contributed by atoms with Crippen LogP contribution in [0.4, 0.5) is 0 Å². The molecule has 2 aromatic carbocycles. The lowest BCUT2D eigenvalue weighted by molar-refractivity contribution is -0.122. The fourth-order valence-corrected chi connectivity index (χ4v) is 2.74. The maximum atomic E-state index is 12.0. The molecule has 26 heavy (non-hydrogen) atoms. The minimum atomic E-state index is -0.600. The van der Waals surface area contributed by atoms with E-state index < -0.39 is 17.6 Å². The molecule has 3 aromatic rings. The quantitative estimate of drug-likeness (QED) is 0.666. The summed E-state index contributed by atoms with van der Waals surface area (Å²) in [7, 11) is 0. The predicted molar refractivity (Wildman–Crippen MR) is 97.2 cm³/mol. The van der Waals surface area contributed by atoms with Gasteiger partial charge in [0.25, 0.3) is 5.91 Å². The number of rotatable bonds is 4. The van der Waals surface area contributed by atoms with Gasteiger partial charge in [-0.2, -0.15) is 0 Å². The molecule has 0 atom stereocenters. The lowest BCUT2D eigenvalue weighted by atomic mass is 10.2. The second kappa shape index (κ2) is 7.63. The molecule has 0 bridgehead atoms. The molecule has 2 N–H and O–H groups in total. The van der Waals surface area contributed by atoms with Crippen molar-refractivity contribution in [2.75, 3.05) is 0 Å². The van der Waals surface area contributed by atoms with Gasteiger partial charge in [-0.3, -0.25) is 25.0 Å². The zero-order chi connectivity index (χ0) is 18.7. The molecule has 3 rings (SSSR count). The van der Waals surface area contributed by atoms with Crippen molar-refractivity contribution in [3.63, 3.8) is 0 Å². The highest BCUT2D eigenvalue weighted by molar-refractivity contribution is 6.35. The van der Waals surface area contributed by atoms with Crippen LogP contribution < -0.4 is 16.6 Å². The maximum absolute atomic E-state index is 12.0. The molecule has 0 saturated carbocycles. The van der Waals surface area contributed by atoms with Crippen LogP contribution in [0.5, 0.6) is 0 Å². The predicted octanol–water partition coefficient (Wildman–Crippen LogP) is 2.75. The zero-order valence-electron chi connectivity index (χ0n) is 13.3. The van der Waals surface area contributed by atoms with Crippen LogP contribution in [0, 0.1) is 0 Å². The summed E-state index contributed by atoms with van der Waals surface area (Å²) in [6.45, 7) is 0.107. The Hall–Kier alpha value is -2.77. The lowest BCUT2D eigenvalue weighted by Crippen LogP contribution is -2.42. The molecular formula is C17H13Cl2N3O4. The molecule has 7 nitrogen and oxygen atoms in total. The molecule has 9 heteroatoms. The summed E-state index contributed by atoms with van der Waals surface area (Å²) in [5, 5.41) is 0.551. The Morgan fingerprint density at radius 2 is 1.85 bits per heavy atom. The van der Waals surface area contributed by atoms with Gasteiger partial charge in [0, 0.05) is 18.0 Å². The molecule has 0 unspecified atom stereocenters. The minimum absolute atomic E-state index is 0.0347. The van der Waals surface area contributed by atoms with Gasteiger partial charge in [0.05, 0.1) is 16.1 Å². The molecule has 2 amide bonds. The molecule has 0 saturated heterocycles. The minimum Gasteiger partial charge on any atom is -0.408 e. The second-order valence-corrected chi connectivity index (χ2v) is 6.21. The fraction of sp³-hybridized carbons (Fsp3) is 0.118. The van der Waals surface area contributed by atoms with E-state index in [1.54, 1.807) is 30.3 Å². The number of benzene rings is 2. The Morgan fingerprint density at radius 3 is 2.65 bits per heavy atom. The number of hydrogen-bond acceptors (Lipinski definition) is 4. The largest absolute Gasteiger partial charge is 0.419 e. The van der Waals surface area contributed by atoms with Gasteiger partial charge in [0.15, 0.2) is 5.58 Å². The SMILES string of the molecule is O=C(CCn1c(=O)oc2ccccc21)NNC(=O)c1cc(Cl)ccc1Cl. The van der Waals surface area contributed by atoms with Gasteiger partial charge in [-0.25, -0.2) is 4.79 Å². The van der Waals surface area contributed by atoms with E-state index in [-0.39, 0.29) is 23.6 Å². The number of hydrogen-bond donors (Lipinski definition) is 2. The first-order chi connectivity index (χ1) is 12.5. The second-order valence-electron chi connectivity index (χ2n) is 5.36. The molecular weight excluding hydrogens is 381 g/mol. The van der Waals surface area contributed by atoms with Gasteiger partial charge in [-0.1, -0.05) is 35.3 Å². The number of hydrazine groups is 1. The third kappa shape index (κ3) is 3.89. The smallest absolute Gasteiger partial charge is 0.408 e. The van der Waals surface area contributed by atoms with Crippen molar-refractivity contribution in [2.24, 2.45) is 0 Å². The summed E-state index contributed by atoms with van der Waals surface area (Å²) in [6.07, 6.45) is -0.0347. The summed E-state index contributed by atoms with van der Waals surface area (Å²) in [5.74, 6) is -1.63. The van der Waals surface area contributed by atoms with Crippen LogP contribution in [0.1, 0.15) is 16.8 Å². The molecule has 0 aliphatic rings. The van der Waals surface area contributed by atoms with Gasteiger partial charge < -0.3 is 4.42 Å². The standard InChI is InChI=1S/C17H13Cl2N3O4/c18-10-5-6-12(19)11(9-10)16(24)21-20-15(23)7-8-22-13-3-1-2-4-14(13)26-17(22)25/h1-6,9H,7-8H2,(H,20,23)(H,21,24). The lowest BCUT2D eigenvalue weighted by Gasteiger charge is -2.09.